The van der Waals surface area contributed by atoms with Gasteiger partial charge in [0.2, 0.25) is 10.0 Å². The Morgan fingerprint density at radius 1 is 1.37 bits per heavy atom. The van der Waals surface area contributed by atoms with Gasteiger partial charge in [-0.1, -0.05) is 12.1 Å². The zero-order valence-electron chi connectivity index (χ0n) is 11.4. The molecule has 19 heavy (non-hydrogen) atoms. The van der Waals surface area contributed by atoms with Crippen molar-refractivity contribution in [2.24, 2.45) is 0 Å². The maximum atomic E-state index is 12.3. The third-order valence-corrected chi connectivity index (χ3v) is 4.56. The van der Waals surface area contributed by atoms with Gasteiger partial charge in [0, 0.05) is 25.8 Å². The number of benzene rings is 1. The number of Topliss-reactive ketones (excluding diaryl/α,β-unsaturated/α-hetero) is 1. The third kappa shape index (κ3) is 4.12. The average Bonchev–Trinajstić information content (AvgIpc) is 2.39. The van der Waals surface area contributed by atoms with Gasteiger partial charge < -0.3 is 4.74 Å². The zero-order valence-corrected chi connectivity index (χ0v) is 12.2. The van der Waals surface area contributed by atoms with Crippen LogP contribution in [0.4, 0.5) is 0 Å². The van der Waals surface area contributed by atoms with Gasteiger partial charge in [0.15, 0.2) is 5.78 Å². The lowest BCUT2D eigenvalue weighted by molar-refractivity contribution is 0.101. The number of likely N-dealkylation sites (N-methyl/N-ethyl adjacent to an activating group) is 1. The molecule has 0 N–H and O–H groups in total. The Balaban J connectivity index is 2.93. The number of nitrogens with zero attached hydrogens (tertiary/aromatic N) is 1. The van der Waals surface area contributed by atoms with Crippen LogP contribution in [-0.2, 0) is 14.8 Å². The molecule has 0 saturated carbocycles. The normalized spacial score (nSPS) is 11.8. The highest BCUT2D eigenvalue weighted by Crippen LogP contribution is 2.16. The maximum Gasteiger partial charge on any atom is 0.242 e. The second kappa shape index (κ2) is 6.79. The minimum atomic E-state index is -3.57. The predicted molar refractivity (Wildman–Crippen MR) is 72.8 cm³/mol. The molecule has 0 aliphatic carbocycles. The van der Waals surface area contributed by atoms with Gasteiger partial charge in [-0.15, -0.1) is 0 Å². The highest BCUT2D eigenvalue weighted by atomic mass is 32.2. The van der Waals surface area contributed by atoms with Crippen LogP contribution >= 0.6 is 0 Å². The summed E-state index contributed by atoms with van der Waals surface area (Å²) in [6.45, 7) is 4.43. The van der Waals surface area contributed by atoms with E-state index >= 15 is 0 Å². The molecule has 0 aliphatic heterocycles. The van der Waals surface area contributed by atoms with Crippen molar-refractivity contribution < 1.29 is 17.9 Å². The van der Waals surface area contributed by atoms with E-state index in [1.807, 2.05) is 6.92 Å². The number of carbonyl (C=O) groups excluding carboxylic acids is 1. The topological polar surface area (TPSA) is 63.7 Å². The van der Waals surface area contributed by atoms with Gasteiger partial charge in [0.05, 0.1) is 11.5 Å². The van der Waals surface area contributed by atoms with Crippen LogP contribution in [0, 0.1) is 0 Å². The summed E-state index contributed by atoms with van der Waals surface area (Å²) in [6, 6.07) is 6.05. The Hall–Kier alpha value is -1.24. The van der Waals surface area contributed by atoms with Crippen molar-refractivity contribution in [3.8, 4) is 0 Å². The highest BCUT2D eigenvalue weighted by Gasteiger charge is 2.21. The van der Waals surface area contributed by atoms with E-state index in [0.717, 1.165) is 0 Å². The van der Waals surface area contributed by atoms with Gasteiger partial charge in [0.25, 0.3) is 0 Å². The van der Waals surface area contributed by atoms with Crippen molar-refractivity contribution in [3.63, 3.8) is 0 Å². The van der Waals surface area contributed by atoms with Crippen LogP contribution in [0.3, 0.4) is 0 Å². The first kappa shape index (κ1) is 15.8. The molecular formula is C13H19NO4S. The SMILES string of the molecule is CCOCCN(C)S(=O)(=O)c1cccc(C(C)=O)c1. The summed E-state index contributed by atoms with van der Waals surface area (Å²) in [6.07, 6.45) is 0. The fourth-order valence-electron chi connectivity index (χ4n) is 1.51. The van der Waals surface area contributed by atoms with E-state index in [2.05, 4.69) is 0 Å². The summed E-state index contributed by atoms with van der Waals surface area (Å²) in [5, 5.41) is 0. The number of carbonyl (C=O) groups is 1. The first-order chi connectivity index (χ1) is 8.89. The van der Waals surface area contributed by atoms with Crippen molar-refractivity contribution in [1.29, 1.82) is 0 Å². The molecule has 0 aliphatic rings. The third-order valence-electron chi connectivity index (χ3n) is 2.70. The maximum absolute atomic E-state index is 12.3. The molecule has 1 aromatic rings. The quantitative estimate of drug-likeness (QED) is 0.563. The summed E-state index contributed by atoms with van der Waals surface area (Å²) >= 11 is 0. The number of sulfonamides is 1. The zero-order chi connectivity index (χ0) is 14.5. The summed E-state index contributed by atoms with van der Waals surface area (Å²) in [7, 11) is -2.08. The predicted octanol–water partition coefficient (Wildman–Crippen LogP) is 1.55. The molecule has 0 heterocycles. The molecule has 0 radical (unpaired) electrons. The molecule has 0 amide bonds. The van der Waals surface area contributed by atoms with E-state index in [9.17, 15) is 13.2 Å². The summed E-state index contributed by atoms with van der Waals surface area (Å²) in [5.74, 6) is -0.158. The van der Waals surface area contributed by atoms with Crippen LogP contribution in [0.5, 0.6) is 0 Å². The van der Waals surface area contributed by atoms with E-state index in [4.69, 9.17) is 4.74 Å². The first-order valence-electron chi connectivity index (χ1n) is 6.04. The minimum absolute atomic E-state index is 0.124. The lowest BCUT2D eigenvalue weighted by Gasteiger charge is -2.17. The van der Waals surface area contributed by atoms with Gasteiger partial charge in [0.1, 0.15) is 0 Å². The van der Waals surface area contributed by atoms with E-state index in [1.165, 1.54) is 30.4 Å². The molecule has 1 rings (SSSR count). The van der Waals surface area contributed by atoms with Crippen LogP contribution in [0.25, 0.3) is 0 Å². The molecule has 0 aromatic heterocycles. The van der Waals surface area contributed by atoms with Crippen LogP contribution < -0.4 is 0 Å². The Bertz CT molecular complexity index is 539. The number of rotatable bonds is 7. The number of hydrogen-bond acceptors (Lipinski definition) is 4. The van der Waals surface area contributed by atoms with E-state index in [0.29, 0.717) is 18.8 Å². The minimum Gasteiger partial charge on any atom is -0.380 e. The van der Waals surface area contributed by atoms with Crippen LogP contribution in [0.15, 0.2) is 29.2 Å². The van der Waals surface area contributed by atoms with E-state index < -0.39 is 10.0 Å². The van der Waals surface area contributed by atoms with Crippen molar-refractivity contribution in [3.05, 3.63) is 29.8 Å². The Morgan fingerprint density at radius 3 is 2.63 bits per heavy atom. The lowest BCUT2D eigenvalue weighted by Crippen LogP contribution is -2.30. The van der Waals surface area contributed by atoms with Crippen molar-refractivity contribution >= 4 is 15.8 Å². The smallest absolute Gasteiger partial charge is 0.242 e. The molecule has 5 nitrogen and oxygen atoms in total. The van der Waals surface area contributed by atoms with Gasteiger partial charge in [-0.05, 0) is 26.0 Å². The molecule has 6 heteroatoms. The second-order valence-corrected chi connectivity index (χ2v) is 6.15. The Kier molecular flexibility index (Phi) is 5.65. The molecule has 0 unspecified atom stereocenters. The average molecular weight is 285 g/mol. The summed E-state index contributed by atoms with van der Waals surface area (Å²) in [5.41, 5.74) is 0.388. The molecule has 106 valence electrons. The lowest BCUT2D eigenvalue weighted by atomic mass is 10.2. The van der Waals surface area contributed by atoms with E-state index in [1.54, 1.807) is 12.1 Å². The van der Waals surface area contributed by atoms with Crippen LogP contribution in [-0.4, -0.2) is 45.3 Å². The Morgan fingerprint density at radius 2 is 2.05 bits per heavy atom. The number of ketones is 1. The second-order valence-electron chi connectivity index (χ2n) is 4.11. The molecular weight excluding hydrogens is 266 g/mol. The molecule has 0 atom stereocenters. The molecule has 1 aromatic carbocycles. The van der Waals surface area contributed by atoms with Crippen LogP contribution in [0.2, 0.25) is 0 Å². The first-order valence-corrected chi connectivity index (χ1v) is 7.48. The van der Waals surface area contributed by atoms with Crippen molar-refractivity contribution in [2.45, 2.75) is 18.7 Å². The van der Waals surface area contributed by atoms with Crippen LogP contribution in [0.1, 0.15) is 24.2 Å². The molecule has 0 bridgehead atoms. The fraction of sp³-hybridized carbons (Fsp3) is 0.462. The Labute approximate surface area is 114 Å². The number of hydrogen-bond donors (Lipinski definition) is 0. The van der Waals surface area contributed by atoms with Crippen molar-refractivity contribution in [2.75, 3.05) is 26.8 Å². The van der Waals surface area contributed by atoms with Gasteiger partial charge in [-0.2, -0.15) is 4.31 Å². The number of ether oxygens (including phenoxy) is 1. The fourth-order valence-corrected chi connectivity index (χ4v) is 2.71. The molecule has 0 spiro atoms. The van der Waals surface area contributed by atoms with Crippen molar-refractivity contribution in [1.82, 2.24) is 4.31 Å². The molecule has 0 fully saturated rings. The summed E-state index contributed by atoms with van der Waals surface area (Å²) in [4.78, 5) is 11.4. The summed E-state index contributed by atoms with van der Waals surface area (Å²) < 4.78 is 30.9. The van der Waals surface area contributed by atoms with E-state index in [-0.39, 0.29) is 17.2 Å². The molecule has 0 saturated heterocycles. The monoisotopic (exact) mass is 285 g/mol. The van der Waals surface area contributed by atoms with Gasteiger partial charge in [-0.3, -0.25) is 4.79 Å². The van der Waals surface area contributed by atoms with Gasteiger partial charge >= 0.3 is 0 Å². The largest absolute Gasteiger partial charge is 0.380 e. The van der Waals surface area contributed by atoms with Gasteiger partial charge in [-0.25, -0.2) is 8.42 Å². The highest BCUT2D eigenvalue weighted by molar-refractivity contribution is 7.89. The standard InChI is InChI=1S/C13H19NO4S/c1-4-18-9-8-14(3)19(16,17)13-7-5-6-12(10-13)11(2)15/h5-7,10H,4,8-9H2,1-3H3.